The monoisotopic (exact) mass is 481 g/mol. The third-order valence-electron chi connectivity index (χ3n) is 5.90. The van der Waals surface area contributed by atoms with Gasteiger partial charge in [0.2, 0.25) is 5.91 Å². The summed E-state index contributed by atoms with van der Waals surface area (Å²) in [5, 5.41) is 18.3. The van der Waals surface area contributed by atoms with Crippen LogP contribution in [0.2, 0.25) is 5.02 Å². The zero-order valence-electron chi connectivity index (χ0n) is 19.8. The quantitative estimate of drug-likeness (QED) is 0.400. The van der Waals surface area contributed by atoms with Crippen molar-refractivity contribution in [1.29, 1.82) is 0 Å². The maximum atomic E-state index is 13.1. The summed E-state index contributed by atoms with van der Waals surface area (Å²) in [5.41, 5.74) is 2.14. The van der Waals surface area contributed by atoms with E-state index in [1.54, 1.807) is 25.2 Å². The number of amides is 2. The molecule has 0 saturated carbocycles. The molecule has 0 unspecified atom stereocenters. The van der Waals surface area contributed by atoms with E-state index in [2.05, 4.69) is 15.6 Å². The molecule has 0 aliphatic carbocycles. The molecule has 3 aromatic rings. The molecule has 0 bridgehead atoms. The first-order valence-corrected chi connectivity index (χ1v) is 11.9. The van der Waals surface area contributed by atoms with Crippen molar-refractivity contribution in [2.75, 3.05) is 7.05 Å². The average molecular weight is 482 g/mol. The summed E-state index contributed by atoms with van der Waals surface area (Å²) in [7, 11) is 1.60. The van der Waals surface area contributed by atoms with Gasteiger partial charge in [-0.25, -0.2) is 0 Å². The first-order chi connectivity index (χ1) is 16.3. The topological polar surface area (TPSA) is 91.3 Å². The van der Waals surface area contributed by atoms with Crippen LogP contribution in [0.1, 0.15) is 42.6 Å². The third-order valence-corrected chi connectivity index (χ3v) is 6.15. The summed E-state index contributed by atoms with van der Waals surface area (Å²) in [6, 6.07) is 16.1. The fraction of sp³-hybridized carbons (Fsp3) is 0.370. The lowest BCUT2D eigenvalue weighted by Gasteiger charge is -2.28. The molecule has 1 heterocycles. The smallest absolute Gasteiger partial charge is 0.253 e. The number of carbonyl (C=O) groups is 2. The van der Waals surface area contributed by atoms with Gasteiger partial charge in [0, 0.05) is 29.6 Å². The number of rotatable bonds is 10. The van der Waals surface area contributed by atoms with E-state index in [0.29, 0.717) is 29.3 Å². The number of hydrogen-bond donors (Lipinski definition) is 3. The lowest BCUT2D eigenvalue weighted by atomic mass is 9.87. The van der Waals surface area contributed by atoms with Gasteiger partial charge in [-0.1, -0.05) is 55.8 Å². The predicted molar refractivity (Wildman–Crippen MR) is 136 cm³/mol. The van der Waals surface area contributed by atoms with Gasteiger partial charge >= 0.3 is 0 Å². The molecule has 3 atom stereocenters. The van der Waals surface area contributed by atoms with Crippen LogP contribution in [0.5, 0.6) is 0 Å². The van der Waals surface area contributed by atoms with E-state index in [0.717, 1.165) is 16.5 Å². The van der Waals surface area contributed by atoms with Gasteiger partial charge in [-0.3, -0.25) is 14.6 Å². The molecular weight excluding hydrogens is 450 g/mol. The van der Waals surface area contributed by atoms with Crippen molar-refractivity contribution in [3.05, 3.63) is 76.9 Å². The highest BCUT2D eigenvalue weighted by Crippen LogP contribution is 2.22. The maximum absolute atomic E-state index is 13.1. The predicted octanol–water partition coefficient (Wildman–Crippen LogP) is 4.39. The van der Waals surface area contributed by atoms with Gasteiger partial charge in [-0.15, -0.1) is 0 Å². The molecule has 34 heavy (non-hydrogen) atoms. The summed E-state index contributed by atoms with van der Waals surface area (Å²) < 4.78 is 0. The number of carbonyl (C=O) groups excluding carboxylic acids is 2. The fourth-order valence-corrected chi connectivity index (χ4v) is 4.27. The third kappa shape index (κ3) is 7.02. The normalized spacial score (nSPS) is 13.9. The largest absolute Gasteiger partial charge is 0.391 e. The zero-order chi connectivity index (χ0) is 24.7. The molecule has 0 spiro atoms. The van der Waals surface area contributed by atoms with Crippen molar-refractivity contribution >= 4 is 34.3 Å². The Morgan fingerprint density at radius 2 is 1.76 bits per heavy atom. The molecule has 2 aromatic carbocycles. The Labute approximate surface area is 205 Å². The van der Waals surface area contributed by atoms with Gasteiger partial charge in [0.1, 0.15) is 0 Å². The number of aliphatic hydroxyl groups excluding tert-OH is 1. The molecular formula is C27H32ClN3O3. The Hall–Kier alpha value is -2.96. The molecule has 3 rings (SSSR count). The van der Waals surface area contributed by atoms with Crippen molar-refractivity contribution in [2.45, 2.75) is 45.3 Å². The number of nitrogens with one attached hydrogen (secondary N) is 2. The minimum Gasteiger partial charge on any atom is -0.391 e. The Bertz CT molecular complexity index is 1120. The summed E-state index contributed by atoms with van der Waals surface area (Å²) in [6.07, 6.45) is 1.90. The molecule has 0 aliphatic rings. The van der Waals surface area contributed by atoms with Crippen LogP contribution in [0.4, 0.5) is 0 Å². The van der Waals surface area contributed by atoms with E-state index in [4.69, 9.17) is 11.6 Å². The highest BCUT2D eigenvalue weighted by molar-refractivity contribution is 6.30. The minimum atomic E-state index is -0.922. The van der Waals surface area contributed by atoms with Crippen LogP contribution >= 0.6 is 11.6 Å². The second-order valence-electron chi connectivity index (χ2n) is 9.07. The highest BCUT2D eigenvalue weighted by atomic mass is 35.5. The lowest BCUT2D eigenvalue weighted by molar-refractivity contribution is -0.126. The van der Waals surface area contributed by atoms with Crippen LogP contribution in [0.25, 0.3) is 10.9 Å². The van der Waals surface area contributed by atoms with Crippen molar-refractivity contribution in [3.8, 4) is 0 Å². The Balaban J connectivity index is 1.83. The van der Waals surface area contributed by atoms with Gasteiger partial charge in [0.05, 0.1) is 23.2 Å². The van der Waals surface area contributed by atoms with Crippen molar-refractivity contribution < 1.29 is 14.7 Å². The maximum Gasteiger partial charge on any atom is 0.253 e. The van der Waals surface area contributed by atoms with E-state index in [1.807, 2.05) is 50.2 Å². The van der Waals surface area contributed by atoms with Crippen LogP contribution in [0.15, 0.2) is 60.8 Å². The summed E-state index contributed by atoms with van der Waals surface area (Å²) in [5.74, 6) is -0.492. The molecule has 2 amide bonds. The van der Waals surface area contributed by atoms with Gasteiger partial charge in [0.15, 0.2) is 0 Å². The first-order valence-electron chi connectivity index (χ1n) is 11.6. The Kier molecular flexibility index (Phi) is 9.02. The summed E-state index contributed by atoms with van der Waals surface area (Å²) >= 11 is 6.02. The number of aliphatic hydroxyl groups is 1. The number of pyridine rings is 1. The Morgan fingerprint density at radius 1 is 1.06 bits per heavy atom. The number of nitrogens with zero attached hydrogens (tertiary/aromatic N) is 1. The van der Waals surface area contributed by atoms with E-state index in [1.165, 1.54) is 6.20 Å². The molecule has 0 radical (unpaired) electrons. The van der Waals surface area contributed by atoms with Gasteiger partial charge < -0.3 is 15.7 Å². The second kappa shape index (κ2) is 12.0. The number of fused-ring (bicyclic) bond motifs is 1. The van der Waals surface area contributed by atoms with Crippen LogP contribution in [0, 0.1) is 11.8 Å². The van der Waals surface area contributed by atoms with Crippen LogP contribution < -0.4 is 10.6 Å². The zero-order valence-corrected chi connectivity index (χ0v) is 20.5. The minimum absolute atomic E-state index is 0.108. The van der Waals surface area contributed by atoms with Crippen LogP contribution in [-0.4, -0.2) is 41.1 Å². The van der Waals surface area contributed by atoms with Crippen molar-refractivity contribution in [3.63, 3.8) is 0 Å². The molecule has 3 N–H and O–H groups in total. The molecule has 0 fully saturated rings. The standard InChI is InChI=1S/C27H32ClN3O3/c1-17(2)12-20(26(33)29-3)15-25(32)24(13-18-8-10-22(28)11-9-18)31-27(34)21-14-19-6-4-5-7-23(19)30-16-21/h4-11,14,16-17,20,24-25,32H,12-13,15H2,1-3H3,(H,29,33)(H,31,34)/t20-,24+,25+/m1/s1. The molecule has 0 saturated heterocycles. The SMILES string of the molecule is CNC(=O)[C@H](CC(C)C)C[C@H](O)[C@H](Cc1ccc(Cl)cc1)NC(=O)c1cnc2ccccc2c1. The first kappa shape index (κ1) is 25.7. The Morgan fingerprint density at radius 3 is 2.44 bits per heavy atom. The average Bonchev–Trinajstić information content (AvgIpc) is 2.83. The summed E-state index contributed by atoms with van der Waals surface area (Å²) in [6.45, 7) is 4.09. The fourth-order valence-electron chi connectivity index (χ4n) is 4.14. The number of hydrogen-bond acceptors (Lipinski definition) is 4. The molecule has 6 nitrogen and oxygen atoms in total. The van der Waals surface area contributed by atoms with Gasteiger partial charge in [-0.2, -0.15) is 0 Å². The van der Waals surface area contributed by atoms with Crippen LogP contribution in [0.3, 0.4) is 0 Å². The van der Waals surface area contributed by atoms with Crippen LogP contribution in [-0.2, 0) is 11.2 Å². The van der Waals surface area contributed by atoms with E-state index in [-0.39, 0.29) is 24.2 Å². The van der Waals surface area contributed by atoms with E-state index in [9.17, 15) is 14.7 Å². The molecule has 1 aromatic heterocycles. The molecule has 7 heteroatoms. The van der Waals surface area contributed by atoms with Crippen molar-refractivity contribution in [1.82, 2.24) is 15.6 Å². The second-order valence-corrected chi connectivity index (χ2v) is 9.51. The van der Waals surface area contributed by atoms with E-state index < -0.39 is 12.1 Å². The number of aromatic nitrogens is 1. The summed E-state index contributed by atoms with van der Waals surface area (Å²) in [4.78, 5) is 29.9. The van der Waals surface area contributed by atoms with Gasteiger partial charge in [0.25, 0.3) is 5.91 Å². The highest BCUT2D eigenvalue weighted by Gasteiger charge is 2.29. The number of halogens is 1. The molecule has 180 valence electrons. The molecule has 0 aliphatic heterocycles. The number of para-hydroxylation sites is 1. The van der Waals surface area contributed by atoms with Gasteiger partial charge in [-0.05, 0) is 55.0 Å². The van der Waals surface area contributed by atoms with E-state index >= 15 is 0 Å². The van der Waals surface area contributed by atoms with Crippen molar-refractivity contribution in [2.24, 2.45) is 11.8 Å². The lowest BCUT2D eigenvalue weighted by Crippen LogP contribution is -2.46. The number of benzene rings is 2.